The van der Waals surface area contributed by atoms with Gasteiger partial charge in [0.05, 0.1) is 35.4 Å². The lowest BCUT2D eigenvalue weighted by molar-refractivity contribution is -0.344. The van der Waals surface area contributed by atoms with Gasteiger partial charge in [-0.2, -0.15) is 0 Å². The first-order valence-electron chi connectivity index (χ1n) is 13.6. The fourth-order valence-electron chi connectivity index (χ4n) is 7.74. The molecule has 1 aromatic rings. The molecule has 0 radical (unpaired) electrons. The van der Waals surface area contributed by atoms with Gasteiger partial charge in [-0.1, -0.05) is 32.0 Å². The smallest absolute Gasteiger partial charge is 0.338 e. The molecule has 0 aromatic heterocycles. The molecule has 5 rings (SSSR count). The Kier molecular flexibility index (Phi) is 6.45. The van der Waals surface area contributed by atoms with Crippen molar-refractivity contribution in [3.63, 3.8) is 0 Å². The molecule has 9 atom stereocenters. The van der Waals surface area contributed by atoms with Gasteiger partial charge in [-0.05, 0) is 44.1 Å². The number of benzene rings is 1. The molecule has 2 saturated carbocycles. The minimum absolute atomic E-state index is 0.0983. The maximum atomic E-state index is 14.6. The Morgan fingerprint density at radius 2 is 1.65 bits per heavy atom. The Bertz CT molecular complexity index is 1280. The fraction of sp³-hybridized carbons (Fsp3) is 0.633. The van der Waals surface area contributed by atoms with E-state index in [1.54, 1.807) is 39.0 Å². The van der Waals surface area contributed by atoms with Gasteiger partial charge in [-0.25, -0.2) is 4.79 Å². The van der Waals surface area contributed by atoms with Crippen molar-refractivity contribution < 1.29 is 49.0 Å². The highest BCUT2D eigenvalue weighted by molar-refractivity contribution is 5.95. The van der Waals surface area contributed by atoms with Crippen LogP contribution >= 0.6 is 0 Å². The van der Waals surface area contributed by atoms with Crippen molar-refractivity contribution in [3.8, 4) is 0 Å². The van der Waals surface area contributed by atoms with Crippen molar-refractivity contribution in [2.24, 2.45) is 16.7 Å². The van der Waals surface area contributed by atoms with Crippen LogP contribution in [0.1, 0.15) is 64.7 Å². The summed E-state index contributed by atoms with van der Waals surface area (Å²) in [4.78, 5) is 40.6. The third-order valence-corrected chi connectivity index (χ3v) is 10.3. The first kappa shape index (κ1) is 28.9. The molecule has 1 heterocycles. The van der Waals surface area contributed by atoms with Gasteiger partial charge in [0.25, 0.3) is 0 Å². The Labute approximate surface area is 232 Å². The van der Waals surface area contributed by atoms with E-state index in [4.69, 9.17) is 14.2 Å². The predicted octanol–water partition coefficient (Wildman–Crippen LogP) is 1.47. The van der Waals surface area contributed by atoms with Gasteiger partial charge in [0.15, 0.2) is 11.9 Å². The van der Waals surface area contributed by atoms with E-state index in [1.165, 1.54) is 26.0 Å². The Morgan fingerprint density at radius 1 is 1.02 bits per heavy atom. The molecular weight excluding hydrogens is 520 g/mol. The van der Waals surface area contributed by atoms with Gasteiger partial charge in [0, 0.05) is 31.1 Å². The summed E-state index contributed by atoms with van der Waals surface area (Å²) in [5, 5.41) is 48.0. The molecule has 1 unspecified atom stereocenters. The molecule has 1 saturated heterocycles. The first-order valence-corrected chi connectivity index (χ1v) is 13.6. The van der Waals surface area contributed by atoms with Gasteiger partial charge >= 0.3 is 11.9 Å². The summed E-state index contributed by atoms with van der Waals surface area (Å²) < 4.78 is 17.4. The second kappa shape index (κ2) is 8.93. The standard InChI is InChI=1S/C30H38O10/c1-15-20-21(39-16(2)31)23(33)28(6)18(32)12-19-29(36,14-38-19)22(28)24(40-25(34)17-10-8-7-9-11-17)30(37,26(20,3)4)13-27(15,5)35/h7-11,18-19,21-22,24,32,35-37H,12-14H2,1-6H3/t18-,19+,21+,22?,24-,27+,28+,29-,30+/m0/s1. The highest BCUT2D eigenvalue weighted by Gasteiger charge is 2.77. The normalized spacial score (nSPS) is 43.9. The fourth-order valence-corrected chi connectivity index (χ4v) is 7.74. The number of ether oxygens (including phenoxy) is 3. The van der Waals surface area contributed by atoms with E-state index in [1.807, 2.05) is 0 Å². The average molecular weight is 559 g/mol. The van der Waals surface area contributed by atoms with Crippen molar-refractivity contribution >= 4 is 17.7 Å². The number of carbonyl (C=O) groups is 3. The second-order valence-corrected chi connectivity index (χ2v) is 12.9. The van der Waals surface area contributed by atoms with Crippen LogP contribution in [0.15, 0.2) is 41.5 Å². The lowest BCUT2D eigenvalue weighted by atomic mass is 9.44. The average Bonchev–Trinajstić information content (AvgIpc) is 2.87. The van der Waals surface area contributed by atoms with Crippen LogP contribution in [0.3, 0.4) is 0 Å². The molecule has 1 aromatic carbocycles. The summed E-state index contributed by atoms with van der Waals surface area (Å²) in [7, 11) is 0. The minimum atomic E-state index is -2.10. The Hall–Kier alpha value is -2.63. The number of hydrogen-bond donors (Lipinski definition) is 4. The van der Waals surface area contributed by atoms with Crippen molar-refractivity contribution in [2.45, 2.75) is 95.6 Å². The zero-order chi connectivity index (χ0) is 29.6. The van der Waals surface area contributed by atoms with Gasteiger partial charge in [0.1, 0.15) is 17.3 Å². The van der Waals surface area contributed by atoms with Crippen molar-refractivity contribution in [2.75, 3.05) is 6.61 Å². The minimum Gasteiger partial charge on any atom is -0.455 e. The topological polar surface area (TPSA) is 160 Å². The number of rotatable bonds is 3. The number of hydrogen-bond acceptors (Lipinski definition) is 10. The molecule has 10 heteroatoms. The molecule has 3 aliphatic carbocycles. The van der Waals surface area contributed by atoms with Crippen LogP contribution in [0.2, 0.25) is 0 Å². The molecule has 4 N–H and O–H groups in total. The monoisotopic (exact) mass is 558 g/mol. The predicted molar refractivity (Wildman–Crippen MR) is 140 cm³/mol. The van der Waals surface area contributed by atoms with Crippen LogP contribution < -0.4 is 0 Å². The van der Waals surface area contributed by atoms with Gasteiger partial charge in [0.2, 0.25) is 0 Å². The first-order chi connectivity index (χ1) is 18.4. The number of aliphatic hydroxyl groups is 4. The van der Waals surface area contributed by atoms with E-state index < -0.39 is 75.7 Å². The molecule has 40 heavy (non-hydrogen) atoms. The van der Waals surface area contributed by atoms with E-state index >= 15 is 0 Å². The van der Waals surface area contributed by atoms with E-state index in [0.29, 0.717) is 5.57 Å². The number of carbonyl (C=O) groups excluding carboxylic acids is 3. The molecule has 0 spiro atoms. The number of fused-ring (bicyclic) bond motifs is 5. The van der Waals surface area contributed by atoms with Crippen LogP contribution in [0.4, 0.5) is 0 Å². The zero-order valence-corrected chi connectivity index (χ0v) is 23.6. The number of Topliss-reactive ketones (excluding diaryl/α,β-unsaturated/α-hetero) is 1. The number of ketones is 1. The lowest BCUT2D eigenvalue weighted by Gasteiger charge is -2.67. The Morgan fingerprint density at radius 3 is 2.20 bits per heavy atom. The summed E-state index contributed by atoms with van der Waals surface area (Å²) >= 11 is 0. The molecule has 4 aliphatic rings. The highest BCUT2D eigenvalue weighted by atomic mass is 16.6. The zero-order valence-electron chi connectivity index (χ0n) is 23.6. The summed E-state index contributed by atoms with van der Waals surface area (Å²) in [6.07, 6.45) is -5.91. The molecule has 3 fully saturated rings. The summed E-state index contributed by atoms with van der Waals surface area (Å²) in [5.41, 5.74) is -8.20. The summed E-state index contributed by atoms with van der Waals surface area (Å²) in [6, 6.07) is 8.09. The summed E-state index contributed by atoms with van der Waals surface area (Å²) in [6.45, 7) is 8.70. The highest BCUT2D eigenvalue weighted by Crippen LogP contribution is 2.64. The molecule has 1 aliphatic heterocycles. The van der Waals surface area contributed by atoms with Gasteiger partial charge in [-0.15, -0.1) is 0 Å². The van der Waals surface area contributed by atoms with Gasteiger partial charge in [-0.3, -0.25) is 9.59 Å². The van der Waals surface area contributed by atoms with Crippen molar-refractivity contribution in [1.82, 2.24) is 0 Å². The molecule has 2 bridgehead atoms. The SMILES string of the molecule is CC(=O)O[C@H]1C(=O)[C@@]2(C)C([C@H](OC(=O)c3ccccc3)[C@]3(O)C[C@@](C)(O)C(C)=C1C3(C)C)[C@]1(O)CO[C@@H]1C[C@@H]2O. The maximum absolute atomic E-state index is 14.6. The summed E-state index contributed by atoms with van der Waals surface area (Å²) in [5.74, 6) is -3.69. The number of esters is 2. The third-order valence-electron chi connectivity index (χ3n) is 10.3. The van der Waals surface area contributed by atoms with E-state index in [0.717, 1.165) is 6.92 Å². The second-order valence-electron chi connectivity index (χ2n) is 12.9. The van der Waals surface area contributed by atoms with E-state index in [-0.39, 0.29) is 30.6 Å². The molecule has 10 nitrogen and oxygen atoms in total. The quantitative estimate of drug-likeness (QED) is 0.316. The molecule has 0 amide bonds. The van der Waals surface area contributed by atoms with Gasteiger partial charge < -0.3 is 34.6 Å². The van der Waals surface area contributed by atoms with Crippen LogP contribution in [0.25, 0.3) is 0 Å². The van der Waals surface area contributed by atoms with Crippen LogP contribution in [0.5, 0.6) is 0 Å². The van der Waals surface area contributed by atoms with Crippen molar-refractivity contribution in [3.05, 3.63) is 47.0 Å². The largest absolute Gasteiger partial charge is 0.455 e. The van der Waals surface area contributed by atoms with E-state index in [2.05, 4.69) is 0 Å². The van der Waals surface area contributed by atoms with Crippen LogP contribution in [-0.4, -0.2) is 86.0 Å². The maximum Gasteiger partial charge on any atom is 0.338 e. The van der Waals surface area contributed by atoms with Crippen molar-refractivity contribution in [1.29, 1.82) is 0 Å². The van der Waals surface area contributed by atoms with Crippen LogP contribution in [0, 0.1) is 16.7 Å². The molecular formula is C30H38O10. The van der Waals surface area contributed by atoms with E-state index in [9.17, 15) is 34.8 Å². The lowest BCUT2D eigenvalue weighted by Crippen LogP contribution is -2.81. The van der Waals surface area contributed by atoms with Crippen LogP contribution in [-0.2, 0) is 23.8 Å². The third kappa shape index (κ3) is 3.69. The Balaban J connectivity index is 1.83. The molecule has 218 valence electrons. The number of aliphatic hydroxyl groups excluding tert-OH is 1.